The van der Waals surface area contributed by atoms with Gasteiger partial charge in [-0.15, -0.1) is 0 Å². The van der Waals surface area contributed by atoms with Crippen LogP contribution in [0.2, 0.25) is 0 Å². The van der Waals surface area contributed by atoms with E-state index < -0.39 is 11.8 Å². The molecule has 2 aromatic carbocycles. The van der Waals surface area contributed by atoms with Gasteiger partial charge in [0.25, 0.3) is 0 Å². The van der Waals surface area contributed by atoms with Crippen molar-refractivity contribution in [2.24, 2.45) is 0 Å². The number of rotatable bonds is 6. The number of anilines is 1. The van der Waals surface area contributed by atoms with Gasteiger partial charge in [0.2, 0.25) is 12.7 Å². The molecule has 0 saturated carbocycles. The normalized spacial score (nSPS) is 15.2. The molecule has 190 valence electrons. The van der Waals surface area contributed by atoms with Crippen molar-refractivity contribution in [1.82, 2.24) is 20.2 Å². The first-order valence-corrected chi connectivity index (χ1v) is 12.1. The summed E-state index contributed by atoms with van der Waals surface area (Å²) in [6, 6.07) is 14.9. The highest BCUT2D eigenvalue weighted by Crippen LogP contribution is 2.33. The van der Waals surface area contributed by atoms with Gasteiger partial charge in [0.15, 0.2) is 23.2 Å². The molecule has 0 aliphatic carbocycles. The lowest BCUT2D eigenvalue weighted by Gasteiger charge is -2.35. The van der Waals surface area contributed by atoms with Crippen molar-refractivity contribution in [2.45, 2.75) is 19.4 Å². The lowest BCUT2D eigenvalue weighted by Crippen LogP contribution is -2.49. The minimum atomic E-state index is -1.18. The maximum absolute atomic E-state index is 13.2. The summed E-state index contributed by atoms with van der Waals surface area (Å²) >= 11 is 0. The second kappa shape index (κ2) is 10.6. The first-order chi connectivity index (χ1) is 18.1. The molecule has 11 nitrogen and oxygen atoms in total. The van der Waals surface area contributed by atoms with E-state index in [9.17, 15) is 14.9 Å². The van der Waals surface area contributed by atoms with Crippen LogP contribution in [0.3, 0.4) is 0 Å². The van der Waals surface area contributed by atoms with Gasteiger partial charge in [-0.25, -0.2) is 14.8 Å². The van der Waals surface area contributed by atoms with Gasteiger partial charge in [-0.2, -0.15) is 5.26 Å². The third-order valence-corrected chi connectivity index (χ3v) is 6.25. The van der Waals surface area contributed by atoms with Crippen molar-refractivity contribution >= 4 is 28.9 Å². The quantitative estimate of drug-likeness (QED) is 0.540. The number of para-hydroxylation sites is 2. The highest BCUT2D eigenvalue weighted by molar-refractivity contribution is 5.89. The van der Waals surface area contributed by atoms with E-state index in [-0.39, 0.29) is 25.1 Å². The summed E-state index contributed by atoms with van der Waals surface area (Å²) < 4.78 is 15.8. The van der Waals surface area contributed by atoms with E-state index in [0.717, 1.165) is 5.56 Å². The lowest BCUT2D eigenvalue weighted by molar-refractivity contribution is -0.121. The molecule has 2 aliphatic heterocycles. The second-order valence-electron chi connectivity index (χ2n) is 8.56. The summed E-state index contributed by atoms with van der Waals surface area (Å²) in [5.74, 6) is 0.0877. The average molecular weight is 503 g/mol. The number of ether oxygens (including phenoxy) is 3. The zero-order valence-corrected chi connectivity index (χ0v) is 20.3. The maximum atomic E-state index is 13.2. The topological polar surface area (TPSA) is 130 Å². The standard InChI is InChI=1S/C26H26N6O5/c1-2-35-26(34)32-11-9-31(10-12-32)24-23(29-19-5-3-4-6-20(19)30-24)18(14-27)25(33)28-15-17-7-8-21-22(13-17)37-16-36-21/h3-8,13,18H,2,9-12,15-16H2,1H3,(H,28,33). The molecule has 37 heavy (non-hydrogen) atoms. The summed E-state index contributed by atoms with van der Waals surface area (Å²) in [6.45, 7) is 4.25. The Morgan fingerprint density at radius 1 is 1.08 bits per heavy atom. The van der Waals surface area contributed by atoms with Gasteiger partial charge in [0, 0.05) is 32.7 Å². The van der Waals surface area contributed by atoms with Crippen molar-refractivity contribution in [1.29, 1.82) is 5.26 Å². The summed E-state index contributed by atoms with van der Waals surface area (Å²) in [7, 11) is 0. The van der Waals surface area contributed by atoms with Crippen LogP contribution in [0.5, 0.6) is 11.5 Å². The molecular weight excluding hydrogens is 476 g/mol. The number of carbonyl (C=O) groups is 2. The van der Waals surface area contributed by atoms with Crippen LogP contribution >= 0.6 is 0 Å². The van der Waals surface area contributed by atoms with Crippen LogP contribution in [0.15, 0.2) is 42.5 Å². The van der Waals surface area contributed by atoms with Crippen LogP contribution in [-0.2, 0) is 16.1 Å². The summed E-state index contributed by atoms with van der Waals surface area (Å²) in [6.07, 6.45) is -0.357. The number of aromatic nitrogens is 2. The zero-order valence-electron chi connectivity index (χ0n) is 20.3. The Morgan fingerprint density at radius 3 is 2.54 bits per heavy atom. The molecule has 1 unspecified atom stereocenters. The molecule has 1 fully saturated rings. The third-order valence-electron chi connectivity index (χ3n) is 6.25. The Hall–Kier alpha value is -4.59. The smallest absolute Gasteiger partial charge is 0.409 e. The van der Waals surface area contributed by atoms with Gasteiger partial charge in [-0.3, -0.25) is 4.79 Å². The van der Waals surface area contributed by atoms with E-state index in [1.807, 2.05) is 29.2 Å². The van der Waals surface area contributed by atoms with E-state index >= 15 is 0 Å². The molecule has 1 saturated heterocycles. The minimum absolute atomic E-state index is 0.166. The second-order valence-corrected chi connectivity index (χ2v) is 8.56. The molecule has 1 N–H and O–H groups in total. The van der Waals surface area contributed by atoms with Crippen molar-refractivity contribution in [3.63, 3.8) is 0 Å². The van der Waals surface area contributed by atoms with Crippen molar-refractivity contribution < 1.29 is 23.8 Å². The molecule has 3 aromatic rings. The number of benzene rings is 2. The Morgan fingerprint density at radius 2 is 1.81 bits per heavy atom. The average Bonchev–Trinajstić information content (AvgIpc) is 3.40. The first kappa shape index (κ1) is 24.1. The SMILES string of the molecule is CCOC(=O)N1CCN(c2nc3ccccc3nc2C(C#N)C(=O)NCc2ccc3c(c2)OCO3)CC1. The Kier molecular flexibility index (Phi) is 6.89. The largest absolute Gasteiger partial charge is 0.454 e. The van der Waals surface area contributed by atoms with Gasteiger partial charge in [-0.05, 0) is 36.8 Å². The van der Waals surface area contributed by atoms with E-state index in [4.69, 9.17) is 24.2 Å². The molecule has 2 aliphatic rings. The zero-order chi connectivity index (χ0) is 25.8. The number of nitrogens with one attached hydrogen (secondary N) is 1. The number of amides is 2. The lowest BCUT2D eigenvalue weighted by atomic mass is 10.0. The van der Waals surface area contributed by atoms with E-state index in [2.05, 4.69) is 11.4 Å². The fourth-order valence-electron chi connectivity index (χ4n) is 4.33. The fraction of sp³-hybridized carbons (Fsp3) is 0.346. The number of hydrogen-bond donors (Lipinski definition) is 1. The molecule has 5 rings (SSSR count). The predicted octanol–water partition coefficient (Wildman–Crippen LogP) is 2.56. The number of hydrogen-bond acceptors (Lipinski definition) is 9. The Balaban J connectivity index is 1.38. The molecule has 1 atom stereocenters. The highest BCUT2D eigenvalue weighted by atomic mass is 16.7. The van der Waals surface area contributed by atoms with Crippen molar-refractivity contribution in [3.05, 3.63) is 53.7 Å². The number of piperazine rings is 1. The van der Waals surface area contributed by atoms with Crippen molar-refractivity contribution in [2.75, 3.05) is 44.5 Å². The predicted molar refractivity (Wildman–Crippen MR) is 133 cm³/mol. The van der Waals surface area contributed by atoms with E-state index in [1.54, 1.807) is 30.0 Å². The molecule has 0 bridgehead atoms. The molecule has 11 heteroatoms. The van der Waals surface area contributed by atoms with Crippen LogP contribution in [0.4, 0.5) is 10.6 Å². The molecule has 2 amide bonds. The van der Waals surface area contributed by atoms with Crippen LogP contribution < -0.4 is 19.7 Å². The molecule has 0 radical (unpaired) electrons. The number of nitrogens with zero attached hydrogens (tertiary/aromatic N) is 5. The van der Waals surface area contributed by atoms with Gasteiger partial charge in [0.1, 0.15) is 5.69 Å². The summed E-state index contributed by atoms with van der Waals surface area (Å²) in [4.78, 5) is 38.4. The van der Waals surface area contributed by atoms with Crippen LogP contribution in [0.25, 0.3) is 11.0 Å². The number of carbonyl (C=O) groups excluding carboxylic acids is 2. The molecular formula is C26H26N6O5. The summed E-state index contributed by atoms with van der Waals surface area (Å²) in [5.41, 5.74) is 2.35. The number of nitriles is 1. The van der Waals surface area contributed by atoms with Gasteiger partial charge in [0.05, 0.1) is 23.7 Å². The maximum Gasteiger partial charge on any atom is 0.409 e. The third kappa shape index (κ3) is 5.04. The highest BCUT2D eigenvalue weighted by Gasteiger charge is 2.31. The van der Waals surface area contributed by atoms with Crippen molar-refractivity contribution in [3.8, 4) is 17.6 Å². The fourth-order valence-corrected chi connectivity index (χ4v) is 4.33. The Labute approximate surface area is 213 Å². The van der Waals surface area contributed by atoms with Gasteiger partial charge >= 0.3 is 6.09 Å². The molecule has 1 aromatic heterocycles. The van der Waals surface area contributed by atoms with Crippen LogP contribution in [-0.4, -0.2) is 66.4 Å². The minimum Gasteiger partial charge on any atom is -0.454 e. The molecule has 0 spiro atoms. The van der Waals surface area contributed by atoms with Crippen LogP contribution in [0, 0.1) is 11.3 Å². The first-order valence-electron chi connectivity index (χ1n) is 12.1. The Bertz CT molecular complexity index is 1370. The molecule has 3 heterocycles. The number of fused-ring (bicyclic) bond motifs is 2. The van der Waals surface area contributed by atoms with Gasteiger partial charge < -0.3 is 29.3 Å². The monoisotopic (exact) mass is 502 g/mol. The van der Waals surface area contributed by atoms with Gasteiger partial charge in [-0.1, -0.05) is 18.2 Å². The van der Waals surface area contributed by atoms with E-state index in [0.29, 0.717) is 61.1 Å². The summed E-state index contributed by atoms with van der Waals surface area (Å²) in [5, 5.41) is 12.9. The van der Waals surface area contributed by atoms with E-state index in [1.165, 1.54) is 0 Å². The van der Waals surface area contributed by atoms with Crippen LogP contribution in [0.1, 0.15) is 24.1 Å².